The van der Waals surface area contributed by atoms with Crippen LogP contribution >= 0.6 is 0 Å². The fraction of sp³-hybridized carbons (Fsp3) is 0.214. The zero-order chi connectivity index (χ0) is 12.4. The molecule has 17 heavy (non-hydrogen) atoms. The summed E-state index contributed by atoms with van der Waals surface area (Å²) in [5, 5.41) is 0. The lowest BCUT2D eigenvalue weighted by Crippen LogP contribution is -1.92. The van der Waals surface area contributed by atoms with Gasteiger partial charge in [0.05, 0.1) is 0 Å². The number of hydrogen-bond acceptors (Lipinski definition) is 1. The first-order valence-corrected chi connectivity index (χ1v) is 5.41. The third kappa shape index (κ3) is 2.67. The quantitative estimate of drug-likeness (QED) is 0.714. The van der Waals surface area contributed by atoms with Crippen LogP contribution in [0.4, 0.5) is 8.78 Å². The highest BCUT2D eigenvalue weighted by Gasteiger charge is 2.07. The Balaban J connectivity index is 2.52. The molecule has 2 aromatic rings. The largest absolute Gasteiger partial charge is 0.228 e. The van der Waals surface area contributed by atoms with E-state index in [0.29, 0.717) is 11.1 Å². The van der Waals surface area contributed by atoms with Crippen LogP contribution in [0.15, 0.2) is 30.5 Å². The SMILES string of the molecule is CC(C)c1[c]c(-c2ccnc(F)c2)cc(F)c1. The monoisotopic (exact) mass is 232 g/mol. The predicted octanol–water partition coefficient (Wildman–Crippen LogP) is 3.95. The van der Waals surface area contributed by atoms with Gasteiger partial charge in [0.2, 0.25) is 5.95 Å². The maximum Gasteiger partial charge on any atom is 0.213 e. The van der Waals surface area contributed by atoms with E-state index in [4.69, 9.17) is 0 Å². The minimum atomic E-state index is -0.578. The van der Waals surface area contributed by atoms with Crippen molar-refractivity contribution in [3.63, 3.8) is 0 Å². The summed E-state index contributed by atoms with van der Waals surface area (Å²) in [4.78, 5) is 3.47. The van der Waals surface area contributed by atoms with Crippen LogP contribution in [0.3, 0.4) is 0 Å². The molecule has 0 unspecified atom stereocenters. The highest BCUT2D eigenvalue weighted by molar-refractivity contribution is 5.63. The Morgan fingerprint density at radius 1 is 1.18 bits per heavy atom. The van der Waals surface area contributed by atoms with Gasteiger partial charge in [0.25, 0.3) is 0 Å². The molecule has 0 saturated heterocycles. The summed E-state index contributed by atoms with van der Waals surface area (Å²) < 4.78 is 26.4. The second-order valence-corrected chi connectivity index (χ2v) is 4.19. The van der Waals surface area contributed by atoms with Gasteiger partial charge < -0.3 is 0 Å². The Morgan fingerprint density at radius 3 is 2.59 bits per heavy atom. The lowest BCUT2D eigenvalue weighted by molar-refractivity contribution is 0.584. The van der Waals surface area contributed by atoms with Crippen LogP contribution in [0.25, 0.3) is 11.1 Å². The molecule has 1 nitrogen and oxygen atoms in total. The van der Waals surface area contributed by atoms with Crippen molar-refractivity contribution in [2.24, 2.45) is 0 Å². The van der Waals surface area contributed by atoms with Crippen molar-refractivity contribution in [3.8, 4) is 11.1 Å². The van der Waals surface area contributed by atoms with E-state index in [1.165, 1.54) is 24.4 Å². The van der Waals surface area contributed by atoms with Crippen LogP contribution in [0.5, 0.6) is 0 Å². The minimum Gasteiger partial charge on any atom is -0.228 e. The van der Waals surface area contributed by atoms with Crippen LogP contribution in [0.1, 0.15) is 25.3 Å². The minimum absolute atomic E-state index is 0.177. The molecule has 2 rings (SSSR count). The molecule has 1 aromatic carbocycles. The molecule has 1 radical (unpaired) electrons. The predicted molar refractivity (Wildman–Crippen MR) is 62.5 cm³/mol. The number of nitrogens with zero attached hydrogens (tertiary/aromatic N) is 1. The van der Waals surface area contributed by atoms with Gasteiger partial charge in [-0.2, -0.15) is 4.39 Å². The van der Waals surface area contributed by atoms with Crippen molar-refractivity contribution >= 4 is 0 Å². The second kappa shape index (κ2) is 4.62. The van der Waals surface area contributed by atoms with Gasteiger partial charge in [-0.15, -0.1) is 0 Å². The van der Waals surface area contributed by atoms with E-state index in [2.05, 4.69) is 11.1 Å². The topological polar surface area (TPSA) is 12.9 Å². The molecule has 0 fully saturated rings. The summed E-state index contributed by atoms with van der Waals surface area (Å²) >= 11 is 0. The van der Waals surface area contributed by atoms with Crippen molar-refractivity contribution in [1.82, 2.24) is 4.98 Å². The zero-order valence-electron chi connectivity index (χ0n) is 9.67. The number of pyridine rings is 1. The first kappa shape index (κ1) is 11.7. The van der Waals surface area contributed by atoms with E-state index in [-0.39, 0.29) is 11.7 Å². The van der Waals surface area contributed by atoms with Gasteiger partial charge in [0.15, 0.2) is 0 Å². The van der Waals surface area contributed by atoms with Crippen LogP contribution in [0, 0.1) is 17.8 Å². The van der Waals surface area contributed by atoms with Crippen molar-refractivity contribution < 1.29 is 8.78 Å². The number of halogens is 2. The Hall–Kier alpha value is -1.77. The molecule has 0 aliphatic heterocycles. The summed E-state index contributed by atoms with van der Waals surface area (Å²) in [6, 6.07) is 8.80. The van der Waals surface area contributed by atoms with E-state index in [1.807, 2.05) is 13.8 Å². The van der Waals surface area contributed by atoms with Crippen molar-refractivity contribution in [3.05, 3.63) is 53.9 Å². The molecule has 0 aliphatic rings. The maximum absolute atomic E-state index is 13.4. The van der Waals surface area contributed by atoms with Gasteiger partial charge in [-0.3, -0.25) is 0 Å². The highest BCUT2D eigenvalue weighted by Crippen LogP contribution is 2.24. The average Bonchev–Trinajstić information content (AvgIpc) is 2.28. The maximum atomic E-state index is 13.4. The van der Waals surface area contributed by atoms with Gasteiger partial charge in [0, 0.05) is 12.3 Å². The normalized spacial score (nSPS) is 10.9. The zero-order valence-corrected chi connectivity index (χ0v) is 9.67. The summed E-state index contributed by atoms with van der Waals surface area (Å²) in [5.74, 6) is -0.734. The Morgan fingerprint density at radius 2 is 1.94 bits per heavy atom. The molecule has 0 saturated carbocycles. The molecular formula is C14H12F2N. The van der Waals surface area contributed by atoms with E-state index < -0.39 is 5.95 Å². The number of aromatic nitrogens is 1. The molecule has 0 spiro atoms. The third-order valence-electron chi connectivity index (χ3n) is 2.51. The van der Waals surface area contributed by atoms with Gasteiger partial charge in [-0.1, -0.05) is 13.8 Å². The smallest absolute Gasteiger partial charge is 0.213 e. The summed E-state index contributed by atoms with van der Waals surface area (Å²) in [6.45, 7) is 3.92. The Kier molecular flexibility index (Phi) is 3.18. The molecule has 0 N–H and O–H groups in total. The first-order valence-electron chi connectivity index (χ1n) is 5.41. The van der Waals surface area contributed by atoms with Crippen LogP contribution < -0.4 is 0 Å². The summed E-state index contributed by atoms with van der Waals surface area (Å²) in [6.07, 6.45) is 1.36. The molecular weight excluding hydrogens is 220 g/mol. The van der Waals surface area contributed by atoms with Gasteiger partial charge in [0.1, 0.15) is 5.82 Å². The van der Waals surface area contributed by atoms with Crippen LogP contribution in [-0.2, 0) is 0 Å². The fourth-order valence-electron chi connectivity index (χ4n) is 1.59. The number of rotatable bonds is 2. The molecule has 1 aromatic heterocycles. The number of hydrogen-bond donors (Lipinski definition) is 0. The van der Waals surface area contributed by atoms with Crippen molar-refractivity contribution in [2.45, 2.75) is 19.8 Å². The van der Waals surface area contributed by atoms with Gasteiger partial charge >= 0.3 is 0 Å². The van der Waals surface area contributed by atoms with Crippen LogP contribution in [-0.4, -0.2) is 4.98 Å². The van der Waals surface area contributed by atoms with E-state index in [9.17, 15) is 8.78 Å². The molecule has 87 valence electrons. The molecule has 0 atom stereocenters. The molecule has 0 aliphatic carbocycles. The third-order valence-corrected chi connectivity index (χ3v) is 2.51. The average molecular weight is 232 g/mol. The van der Waals surface area contributed by atoms with Crippen molar-refractivity contribution in [1.29, 1.82) is 0 Å². The first-order chi connectivity index (χ1) is 8.06. The van der Waals surface area contributed by atoms with E-state index in [0.717, 1.165) is 5.56 Å². The molecule has 1 heterocycles. The number of benzene rings is 1. The molecule has 3 heteroatoms. The molecule has 0 amide bonds. The summed E-state index contributed by atoms with van der Waals surface area (Å²) in [7, 11) is 0. The Bertz CT molecular complexity index is 535. The standard InChI is InChI=1S/C14H12F2N/c1-9(2)11-5-12(7-13(15)6-11)10-3-4-17-14(16)8-10/h3-4,6-9H,1-2H3. The highest BCUT2D eigenvalue weighted by atomic mass is 19.1. The van der Waals surface area contributed by atoms with Gasteiger partial charge in [-0.25, -0.2) is 9.37 Å². The lowest BCUT2D eigenvalue weighted by Gasteiger charge is -2.08. The second-order valence-electron chi connectivity index (χ2n) is 4.19. The van der Waals surface area contributed by atoms with Crippen molar-refractivity contribution in [2.75, 3.05) is 0 Å². The Labute approximate surface area is 99.1 Å². The fourth-order valence-corrected chi connectivity index (χ4v) is 1.59. The molecule has 0 bridgehead atoms. The van der Waals surface area contributed by atoms with E-state index in [1.54, 1.807) is 6.07 Å². The lowest BCUT2D eigenvalue weighted by atomic mass is 9.97. The van der Waals surface area contributed by atoms with Gasteiger partial charge in [-0.05, 0) is 46.9 Å². The summed E-state index contributed by atoms with van der Waals surface area (Å²) in [5.41, 5.74) is 1.91. The van der Waals surface area contributed by atoms with Crippen LogP contribution in [0.2, 0.25) is 0 Å². The van der Waals surface area contributed by atoms with E-state index >= 15 is 0 Å².